The molecule has 0 aromatic carbocycles. The SMILES string of the molecule is Cc1ccsc1C(=O)Nc1cccc(C=CC(=O)O)n1. The topological polar surface area (TPSA) is 79.3 Å². The highest BCUT2D eigenvalue weighted by molar-refractivity contribution is 7.12. The molecule has 0 bridgehead atoms. The number of aryl methyl sites for hydroxylation is 1. The molecule has 2 aromatic heterocycles. The van der Waals surface area contributed by atoms with Crippen LogP contribution in [0.4, 0.5) is 5.82 Å². The van der Waals surface area contributed by atoms with Gasteiger partial charge in [-0.25, -0.2) is 9.78 Å². The van der Waals surface area contributed by atoms with Gasteiger partial charge in [-0.1, -0.05) is 6.07 Å². The average Bonchev–Trinajstić information content (AvgIpc) is 2.83. The zero-order chi connectivity index (χ0) is 14.5. The molecule has 20 heavy (non-hydrogen) atoms. The Morgan fingerprint density at radius 2 is 2.15 bits per heavy atom. The Balaban J connectivity index is 2.14. The lowest BCUT2D eigenvalue weighted by Gasteiger charge is -2.04. The molecule has 5 nitrogen and oxygen atoms in total. The molecule has 0 aliphatic rings. The van der Waals surface area contributed by atoms with E-state index in [9.17, 15) is 9.59 Å². The maximum atomic E-state index is 12.0. The summed E-state index contributed by atoms with van der Waals surface area (Å²) in [6.07, 6.45) is 2.37. The van der Waals surface area contributed by atoms with E-state index in [1.165, 1.54) is 17.4 Å². The number of thiophene rings is 1. The van der Waals surface area contributed by atoms with Crippen LogP contribution in [-0.4, -0.2) is 22.0 Å². The molecular weight excluding hydrogens is 276 g/mol. The van der Waals surface area contributed by atoms with Crippen LogP contribution in [0.5, 0.6) is 0 Å². The Morgan fingerprint density at radius 3 is 2.80 bits per heavy atom. The zero-order valence-electron chi connectivity index (χ0n) is 10.7. The number of rotatable bonds is 4. The number of carbonyl (C=O) groups is 2. The summed E-state index contributed by atoms with van der Waals surface area (Å²) in [5.41, 5.74) is 1.38. The molecule has 0 aliphatic carbocycles. The fraction of sp³-hybridized carbons (Fsp3) is 0.0714. The molecule has 0 radical (unpaired) electrons. The van der Waals surface area contributed by atoms with Gasteiger partial charge in [0.05, 0.1) is 10.6 Å². The third-order valence-electron chi connectivity index (χ3n) is 2.48. The van der Waals surface area contributed by atoms with Crippen molar-refractivity contribution in [1.29, 1.82) is 0 Å². The van der Waals surface area contributed by atoms with E-state index < -0.39 is 5.97 Å². The minimum atomic E-state index is -1.05. The van der Waals surface area contributed by atoms with E-state index >= 15 is 0 Å². The van der Waals surface area contributed by atoms with Crippen molar-refractivity contribution in [2.45, 2.75) is 6.92 Å². The molecule has 0 spiro atoms. The van der Waals surface area contributed by atoms with Crippen LogP contribution in [0.25, 0.3) is 6.08 Å². The molecule has 2 N–H and O–H groups in total. The average molecular weight is 288 g/mol. The molecule has 0 unspecified atom stereocenters. The quantitative estimate of drug-likeness (QED) is 0.848. The number of aliphatic carboxylic acids is 1. The van der Waals surface area contributed by atoms with Crippen molar-refractivity contribution in [2.24, 2.45) is 0 Å². The predicted octanol–water partition coefficient (Wildman–Crippen LogP) is 2.80. The van der Waals surface area contributed by atoms with Gasteiger partial charge in [0.15, 0.2) is 0 Å². The highest BCUT2D eigenvalue weighted by Crippen LogP contribution is 2.17. The lowest BCUT2D eigenvalue weighted by molar-refractivity contribution is -0.131. The van der Waals surface area contributed by atoms with Crippen LogP contribution in [0.3, 0.4) is 0 Å². The van der Waals surface area contributed by atoms with Gasteiger partial charge >= 0.3 is 5.97 Å². The van der Waals surface area contributed by atoms with Gasteiger partial charge in [0.2, 0.25) is 0 Å². The van der Waals surface area contributed by atoms with Crippen LogP contribution < -0.4 is 5.32 Å². The number of amides is 1. The van der Waals surface area contributed by atoms with E-state index in [0.29, 0.717) is 16.4 Å². The van der Waals surface area contributed by atoms with Gasteiger partial charge in [0, 0.05) is 6.08 Å². The number of hydrogen-bond acceptors (Lipinski definition) is 4. The summed E-state index contributed by atoms with van der Waals surface area (Å²) in [6, 6.07) is 6.88. The van der Waals surface area contributed by atoms with E-state index in [1.807, 2.05) is 18.4 Å². The number of aromatic nitrogens is 1. The molecule has 0 saturated heterocycles. The van der Waals surface area contributed by atoms with Crippen molar-refractivity contribution in [3.05, 3.63) is 51.9 Å². The van der Waals surface area contributed by atoms with E-state index in [-0.39, 0.29) is 5.91 Å². The summed E-state index contributed by atoms with van der Waals surface area (Å²) in [5, 5.41) is 13.1. The molecule has 2 heterocycles. The van der Waals surface area contributed by atoms with Gasteiger partial charge in [-0.15, -0.1) is 11.3 Å². The van der Waals surface area contributed by atoms with Gasteiger partial charge in [-0.05, 0) is 42.1 Å². The third kappa shape index (κ3) is 3.52. The van der Waals surface area contributed by atoms with Gasteiger partial charge in [0.1, 0.15) is 5.82 Å². The van der Waals surface area contributed by atoms with Crippen molar-refractivity contribution >= 4 is 35.1 Å². The van der Waals surface area contributed by atoms with E-state index in [0.717, 1.165) is 11.6 Å². The summed E-state index contributed by atoms with van der Waals surface area (Å²) >= 11 is 1.36. The summed E-state index contributed by atoms with van der Waals surface area (Å²) in [7, 11) is 0. The highest BCUT2D eigenvalue weighted by atomic mass is 32.1. The second-order valence-corrected chi connectivity index (χ2v) is 4.92. The molecule has 2 aromatic rings. The Bertz CT molecular complexity index is 677. The van der Waals surface area contributed by atoms with Crippen LogP contribution in [0, 0.1) is 6.92 Å². The fourth-order valence-electron chi connectivity index (χ4n) is 1.55. The Kier molecular flexibility index (Phi) is 4.27. The maximum Gasteiger partial charge on any atom is 0.328 e. The smallest absolute Gasteiger partial charge is 0.328 e. The van der Waals surface area contributed by atoms with Gasteiger partial charge < -0.3 is 10.4 Å². The minimum Gasteiger partial charge on any atom is -0.478 e. The van der Waals surface area contributed by atoms with Crippen molar-refractivity contribution in [2.75, 3.05) is 5.32 Å². The molecular formula is C14H12N2O3S. The molecule has 2 rings (SSSR count). The molecule has 0 fully saturated rings. The first-order chi connectivity index (χ1) is 9.56. The molecule has 0 atom stereocenters. The van der Waals surface area contributed by atoms with Crippen LogP contribution >= 0.6 is 11.3 Å². The molecule has 6 heteroatoms. The monoisotopic (exact) mass is 288 g/mol. The number of anilines is 1. The Hall–Kier alpha value is -2.47. The lowest BCUT2D eigenvalue weighted by Crippen LogP contribution is -2.12. The van der Waals surface area contributed by atoms with Crippen molar-refractivity contribution in [3.63, 3.8) is 0 Å². The number of pyridine rings is 1. The van der Waals surface area contributed by atoms with Gasteiger partial charge in [-0.2, -0.15) is 0 Å². The second kappa shape index (κ2) is 6.12. The minimum absolute atomic E-state index is 0.218. The summed E-state index contributed by atoms with van der Waals surface area (Å²) < 4.78 is 0. The van der Waals surface area contributed by atoms with E-state index in [1.54, 1.807) is 18.2 Å². The van der Waals surface area contributed by atoms with Crippen molar-refractivity contribution in [1.82, 2.24) is 4.98 Å². The molecule has 102 valence electrons. The second-order valence-electron chi connectivity index (χ2n) is 4.01. The van der Waals surface area contributed by atoms with Crippen LogP contribution in [-0.2, 0) is 4.79 Å². The standard InChI is InChI=1S/C14H12N2O3S/c1-9-7-8-20-13(9)14(19)16-11-4-2-3-10(15-11)5-6-12(17)18/h2-8H,1H3,(H,17,18)(H,15,16,19). The predicted molar refractivity (Wildman–Crippen MR) is 77.9 cm³/mol. The normalized spacial score (nSPS) is 10.7. The van der Waals surface area contributed by atoms with Crippen molar-refractivity contribution < 1.29 is 14.7 Å². The van der Waals surface area contributed by atoms with E-state index in [4.69, 9.17) is 5.11 Å². The first-order valence-corrected chi connectivity index (χ1v) is 6.68. The number of hydrogen-bond donors (Lipinski definition) is 2. The molecule has 1 amide bonds. The van der Waals surface area contributed by atoms with E-state index in [2.05, 4.69) is 10.3 Å². The summed E-state index contributed by atoms with van der Waals surface area (Å²) in [6.45, 7) is 1.87. The maximum absolute atomic E-state index is 12.0. The Labute approximate surface area is 119 Å². The van der Waals surface area contributed by atoms with Crippen molar-refractivity contribution in [3.8, 4) is 0 Å². The zero-order valence-corrected chi connectivity index (χ0v) is 11.5. The number of nitrogens with one attached hydrogen (secondary N) is 1. The molecule has 0 saturated carbocycles. The molecule has 0 aliphatic heterocycles. The fourth-order valence-corrected chi connectivity index (χ4v) is 2.37. The van der Waals surface area contributed by atoms with Gasteiger partial charge in [0.25, 0.3) is 5.91 Å². The van der Waals surface area contributed by atoms with Crippen LogP contribution in [0.2, 0.25) is 0 Å². The van der Waals surface area contributed by atoms with Crippen LogP contribution in [0.1, 0.15) is 20.9 Å². The van der Waals surface area contributed by atoms with Gasteiger partial charge in [-0.3, -0.25) is 4.79 Å². The number of nitrogens with zero attached hydrogens (tertiary/aromatic N) is 1. The van der Waals surface area contributed by atoms with Crippen LogP contribution in [0.15, 0.2) is 35.7 Å². The lowest BCUT2D eigenvalue weighted by atomic mass is 10.3. The number of carboxylic acids is 1. The first kappa shape index (κ1) is 14.0. The summed E-state index contributed by atoms with van der Waals surface area (Å²) in [5.74, 6) is -0.879. The third-order valence-corrected chi connectivity index (χ3v) is 3.49. The highest BCUT2D eigenvalue weighted by Gasteiger charge is 2.11. The number of carboxylic acid groups (broad SMARTS) is 1. The largest absolute Gasteiger partial charge is 0.478 e. The Morgan fingerprint density at radius 1 is 1.35 bits per heavy atom. The first-order valence-electron chi connectivity index (χ1n) is 5.80. The number of carbonyl (C=O) groups excluding carboxylic acids is 1. The summed E-state index contributed by atoms with van der Waals surface area (Å²) in [4.78, 5) is 27.2.